The topological polar surface area (TPSA) is 62.2 Å². The van der Waals surface area contributed by atoms with Crippen LogP contribution in [-0.4, -0.2) is 68.3 Å². The zero-order valence-electron chi connectivity index (χ0n) is 17.9. The van der Waals surface area contributed by atoms with Crippen molar-refractivity contribution in [2.24, 2.45) is 0 Å². The summed E-state index contributed by atoms with van der Waals surface area (Å²) in [6.45, 7) is 6.04. The van der Waals surface area contributed by atoms with Gasteiger partial charge in [-0.05, 0) is 43.2 Å². The molecule has 1 N–H and O–H groups in total. The summed E-state index contributed by atoms with van der Waals surface area (Å²) in [6.07, 6.45) is 0.766. The van der Waals surface area contributed by atoms with Gasteiger partial charge in [0.2, 0.25) is 0 Å². The molecule has 0 amide bonds. The van der Waals surface area contributed by atoms with Crippen LogP contribution in [0, 0.1) is 0 Å². The van der Waals surface area contributed by atoms with Gasteiger partial charge in [-0.2, -0.15) is 0 Å². The third-order valence-electron chi connectivity index (χ3n) is 5.40. The van der Waals surface area contributed by atoms with Crippen LogP contribution >= 0.6 is 0 Å². The van der Waals surface area contributed by atoms with E-state index in [-0.39, 0.29) is 12.4 Å². The summed E-state index contributed by atoms with van der Waals surface area (Å²) in [5.41, 5.74) is 2.24. The SMILES string of the molecule is COc1ccccc1N1CCN(CC(O)COc2ccc(CCC(C)=O)cc2)CC1. The number of hydrogen-bond acceptors (Lipinski definition) is 6. The lowest BCUT2D eigenvalue weighted by Gasteiger charge is -2.37. The van der Waals surface area contributed by atoms with Gasteiger partial charge in [0.05, 0.1) is 12.8 Å². The summed E-state index contributed by atoms with van der Waals surface area (Å²) in [4.78, 5) is 15.7. The highest BCUT2D eigenvalue weighted by Crippen LogP contribution is 2.28. The second-order valence-electron chi connectivity index (χ2n) is 7.77. The second kappa shape index (κ2) is 11.0. The fraction of sp³-hybridized carbons (Fsp3) is 0.458. The number of nitrogens with zero attached hydrogens (tertiary/aromatic N) is 2. The Hall–Kier alpha value is -2.57. The van der Waals surface area contributed by atoms with Crippen molar-refractivity contribution < 1.29 is 19.4 Å². The van der Waals surface area contributed by atoms with Gasteiger partial charge in [-0.1, -0.05) is 24.3 Å². The molecule has 2 aromatic carbocycles. The van der Waals surface area contributed by atoms with Crippen molar-refractivity contribution in [3.63, 3.8) is 0 Å². The molecule has 2 aromatic rings. The Bertz CT molecular complexity index is 801. The van der Waals surface area contributed by atoms with Gasteiger partial charge in [0.1, 0.15) is 30.0 Å². The normalized spacial score (nSPS) is 15.6. The molecule has 0 bridgehead atoms. The van der Waals surface area contributed by atoms with Crippen LogP contribution in [0.2, 0.25) is 0 Å². The molecule has 162 valence electrons. The fourth-order valence-corrected chi connectivity index (χ4v) is 3.68. The van der Waals surface area contributed by atoms with E-state index in [1.165, 1.54) is 0 Å². The van der Waals surface area contributed by atoms with E-state index in [0.29, 0.717) is 13.0 Å². The highest BCUT2D eigenvalue weighted by molar-refractivity contribution is 5.75. The number of aliphatic hydroxyl groups excluding tert-OH is 1. The van der Waals surface area contributed by atoms with Crippen LogP contribution in [0.1, 0.15) is 18.9 Å². The molecule has 1 saturated heterocycles. The van der Waals surface area contributed by atoms with Gasteiger partial charge in [0.15, 0.2) is 0 Å². The average molecular weight is 413 g/mol. The maximum Gasteiger partial charge on any atom is 0.142 e. The maximum absolute atomic E-state index is 11.1. The first-order chi connectivity index (χ1) is 14.5. The summed E-state index contributed by atoms with van der Waals surface area (Å²) >= 11 is 0. The van der Waals surface area contributed by atoms with Gasteiger partial charge < -0.3 is 24.3 Å². The molecule has 1 heterocycles. The van der Waals surface area contributed by atoms with Crippen LogP contribution in [0.4, 0.5) is 5.69 Å². The van der Waals surface area contributed by atoms with Crippen molar-refractivity contribution in [1.29, 1.82) is 0 Å². The minimum atomic E-state index is -0.541. The summed E-state index contributed by atoms with van der Waals surface area (Å²) < 4.78 is 11.2. The standard InChI is InChI=1S/C24H32N2O4/c1-19(27)7-8-20-9-11-22(12-10-20)30-18-21(28)17-25-13-15-26(16-14-25)23-5-3-4-6-24(23)29-2/h3-6,9-12,21,28H,7-8,13-18H2,1-2H3. The third-order valence-corrected chi connectivity index (χ3v) is 5.40. The van der Waals surface area contributed by atoms with E-state index < -0.39 is 6.10 Å². The molecule has 0 saturated carbocycles. The first-order valence-corrected chi connectivity index (χ1v) is 10.5. The predicted octanol–water partition coefficient (Wildman–Crippen LogP) is 2.78. The number of rotatable bonds is 10. The minimum Gasteiger partial charge on any atom is -0.495 e. The molecule has 6 heteroatoms. The fourth-order valence-electron chi connectivity index (χ4n) is 3.68. The lowest BCUT2D eigenvalue weighted by molar-refractivity contribution is -0.116. The van der Waals surface area contributed by atoms with Crippen LogP contribution in [0.15, 0.2) is 48.5 Å². The smallest absolute Gasteiger partial charge is 0.142 e. The number of carbonyl (C=O) groups is 1. The van der Waals surface area contributed by atoms with E-state index >= 15 is 0 Å². The number of hydrogen-bond donors (Lipinski definition) is 1. The molecule has 30 heavy (non-hydrogen) atoms. The molecule has 0 spiro atoms. The van der Waals surface area contributed by atoms with Crippen molar-refractivity contribution in [3.05, 3.63) is 54.1 Å². The lowest BCUT2D eigenvalue weighted by Crippen LogP contribution is -2.49. The summed E-state index contributed by atoms with van der Waals surface area (Å²) in [5, 5.41) is 10.4. The van der Waals surface area contributed by atoms with Crippen LogP contribution in [-0.2, 0) is 11.2 Å². The number of para-hydroxylation sites is 2. The molecule has 0 aliphatic carbocycles. The number of methoxy groups -OCH3 is 1. The molecule has 6 nitrogen and oxygen atoms in total. The van der Waals surface area contributed by atoms with Crippen molar-refractivity contribution >= 4 is 11.5 Å². The van der Waals surface area contributed by atoms with E-state index in [1.807, 2.05) is 42.5 Å². The second-order valence-corrected chi connectivity index (χ2v) is 7.77. The molecule has 0 aromatic heterocycles. The lowest BCUT2D eigenvalue weighted by atomic mass is 10.1. The number of β-amino-alcohol motifs (C(OH)–C–C–N with tert-alkyl or cyclic N) is 1. The van der Waals surface area contributed by atoms with E-state index in [2.05, 4.69) is 15.9 Å². The molecule has 0 radical (unpaired) electrons. The highest BCUT2D eigenvalue weighted by atomic mass is 16.5. The van der Waals surface area contributed by atoms with Crippen LogP contribution < -0.4 is 14.4 Å². The minimum absolute atomic E-state index is 0.196. The Morgan fingerprint density at radius 3 is 2.43 bits per heavy atom. The number of Topliss-reactive ketones (excluding diaryl/α,β-unsaturated/α-hetero) is 1. The van der Waals surface area contributed by atoms with E-state index in [1.54, 1.807) is 14.0 Å². The Labute approximate surface area is 179 Å². The number of anilines is 1. The van der Waals surface area contributed by atoms with E-state index in [9.17, 15) is 9.90 Å². The van der Waals surface area contributed by atoms with Crippen molar-refractivity contribution in [2.75, 3.05) is 51.3 Å². The largest absolute Gasteiger partial charge is 0.495 e. The molecular formula is C24H32N2O4. The van der Waals surface area contributed by atoms with Gasteiger partial charge in [0.25, 0.3) is 0 Å². The summed E-state index contributed by atoms with van der Waals surface area (Å²) in [5.74, 6) is 1.83. The Morgan fingerprint density at radius 2 is 1.77 bits per heavy atom. The molecule has 3 rings (SSSR count). The number of piperazine rings is 1. The first-order valence-electron chi connectivity index (χ1n) is 10.5. The summed E-state index contributed by atoms with van der Waals surface area (Å²) in [7, 11) is 1.70. The van der Waals surface area contributed by atoms with Gasteiger partial charge in [-0.25, -0.2) is 0 Å². The average Bonchev–Trinajstić information content (AvgIpc) is 2.77. The number of benzene rings is 2. The highest BCUT2D eigenvalue weighted by Gasteiger charge is 2.21. The van der Waals surface area contributed by atoms with Gasteiger partial charge in [0, 0.05) is 39.1 Å². The molecule has 1 unspecified atom stereocenters. The molecule has 1 fully saturated rings. The molecule has 1 atom stereocenters. The van der Waals surface area contributed by atoms with Gasteiger partial charge in [-0.3, -0.25) is 4.90 Å². The third kappa shape index (κ3) is 6.47. The van der Waals surface area contributed by atoms with Gasteiger partial charge >= 0.3 is 0 Å². The van der Waals surface area contributed by atoms with Crippen LogP contribution in [0.25, 0.3) is 0 Å². The van der Waals surface area contributed by atoms with Crippen LogP contribution in [0.5, 0.6) is 11.5 Å². The molecule has 1 aliphatic rings. The van der Waals surface area contributed by atoms with Gasteiger partial charge in [-0.15, -0.1) is 0 Å². The Kier molecular flexibility index (Phi) is 8.11. The maximum atomic E-state index is 11.1. The van der Waals surface area contributed by atoms with Crippen LogP contribution in [0.3, 0.4) is 0 Å². The Balaban J connectivity index is 1.39. The summed E-state index contributed by atoms with van der Waals surface area (Å²) in [6, 6.07) is 15.8. The molecule has 1 aliphatic heterocycles. The number of ketones is 1. The monoisotopic (exact) mass is 412 g/mol. The number of aliphatic hydroxyl groups is 1. The van der Waals surface area contributed by atoms with Crippen molar-refractivity contribution in [3.8, 4) is 11.5 Å². The quantitative estimate of drug-likeness (QED) is 0.648. The van der Waals surface area contributed by atoms with E-state index in [0.717, 1.165) is 55.3 Å². The Morgan fingerprint density at radius 1 is 1.07 bits per heavy atom. The van der Waals surface area contributed by atoms with Crippen molar-refractivity contribution in [2.45, 2.75) is 25.9 Å². The number of aryl methyl sites for hydroxylation is 1. The molecular weight excluding hydrogens is 380 g/mol. The number of carbonyl (C=O) groups excluding carboxylic acids is 1. The zero-order valence-corrected chi connectivity index (χ0v) is 17.9. The van der Waals surface area contributed by atoms with Crippen molar-refractivity contribution in [1.82, 2.24) is 4.90 Å². The predicted molar refractivity (Wildman–Crippen MR) is 119 cm³/mol. The first kappa shape index (κ1) is 22.1. The number of ether oxygens (including phenoxy) is 2. The zero-order chi connectivity index (χ0) is 21.3. The van der Waals surface area contributed by atoms with E-state index in [4.69, 9.17) is 9.47 Å².